The van der Waals surface area contributed by atoms with Crippen LogP contribution in [0.2, 0.25) is 0 Å². The average molecular weight is 384 g/mol. The highest BCUT2D eigenvalue weighted by Gasteiger charge is 2.20. The molecule has 0 aliphatic rings. The number of hydrogen-bond acceptors (Lipinski definition) is 5. The fourth-order valence-electron chi connectivity index (χ4n) is 2.80. The molecule has 0 atom stereocenters. The summed E-state index contributed by atoms with van der Waals surface area (Å²) >= 11 is 0. The number of H-pyrrole nitrogens is 1. The first kappa shape index (κ1) is 17.6. The first-order valence-corrected chi connectivity index (χ1v) is 8.22. The van der Waals surface area contributed by atoms with Gasteiger partial charge < -0.3 is 10.1 Å². The van der Waals surface area contributed by atoms with E-state index in [0.29, 0.717) is 22.6 Å². The van der Waals surface area contributed by atoms with E-state index < -0.39 is 12.5 Å². The first-order valence-electron chi connectivity index (χ1n) is 8.22. The number of aromatic amines is 1. The molecule has 8 nitrogen and oxygen atoms in total. The van der Waals surface area contributed by atoms with E-state index in [9.17, 15) is 13.6 Å². The number of aromatic nitrogens is 5. The third-order valence-corrected chi connectivity index (χ3v) is 4.03. The van der Waals surface area contributed by atoms with Crippen molar-refractivity contribution >= 4 is 17.2 Å². The Balaban J connectivity index is 1.69. The molecule has 28 heavy (non-hydrogen) atoms. The third kappa shape index (κ3) is 3.27. The second-order valence-electron chi connectivity index (χ2n) is 5.94. The molecule has 1 amide bonds. The number of ether oxygens (including phenoxy) is 1. The van der Waals surface area contributed by atoms with Crippen LogP contribution in [-0.4, -0.2) is 37.3 Å². The van der Waals surface area contributed by atoms with Gasteiger partial charge in [0.2, 0.25) is 0 Å². The molecular weight excluding hydrogens is 370 g/mol. The van der Waals surface area contributed by atoms with Gasteiger partial charge >= 0.3 is 6.61 Å². The van der Waals surface area contributed by atoms with E-state index in [2.05, 4.69) is 30.3 Å². The average Bonchev–Trinajstić information content (AvgIpc) is 3.29. The van der Waals surface area contributed by atoms with Crippen molar-refractivity contribution in [3.8, 4) is 17.0 Å². The Hall–Kier alpha value is -3.82. The summed E-state index contributed by atoms with van der Waals surface area (Å²) in [6.07, 6.45) is 6.01. The summed E-state index contributed by atoms with van der Waals surface area (Å²) in [4.78, 5) is 16.8. The highest BCUT2D eigenvalue weighted by atomic mass is 19.3. The molecule has 10 heteroatoms. The quantitative estimate of drug-likeness (QED) is 0.550. The number of hydrogen-bond donors (Lipinski definition) is 2. The molecule has 4 rings (SSSR count). The van der Waals surface area contributed by atoms with E-state index in [1.165, 1.54) is 23.0 Å². The van der Waals surface area contributed by atoms with Gasteiger partial charge in [0.25, 0.3) is 5.91 Å². The van der Waals surface area contributed by atoms with Crippen LogP contribution in [-0.2, 0) is 0 Å². The lowest BCUT2D eigenvalue weighted by Gasteiger charge is -2.12. The summed E-state index contributed by atoms with van der Waals surface area (Å²) in [7, 11) is 0. The van der Waals surface area contributed by atoms with Crippen molar-refractivity contribution < 1.29 is 18.3 Å². The van der Waals surface area contributed by atoms with Crippen molar-refractivity contribution in [3.05, 3.63) is 60.2 Å². The molecule has 0 aliphatic carbocycles. The van der Waals surface area contributed by atoms with Crippen LogP contribution < -0.4 is 10.1 Å². The van der Waals surface area contributed by atoms with E-state index >= 15 is 0 Å². The molecule has 1 aromatic carbocycles. The summed E-state index contributed by atoms with van der Waals surface area (Å²) in [5.41, 5.74) is 2.49. The van der Waals surface area contributed by atoms with Crippen LogP contribution in [0.5, 0.6) is 5.75 Å². The first-order chi connectivity index (χ1) is 13.5. The minimum Gasteiger partial charge on any atom is -0.434 e. The molecule has 3 aromatic heterocycles. The van der Waals surface area contributed by atoms with Gasteiger partial charge in [0.15, 0.2) is 5.65 Å². The number of anilines is 1. The van der Waals surface area contributed by atoms with Crippen LogP contribution in [0.15, 0.2) is 49.1 Å². The monoisotopic (exact) mass is 384 g/mol. The molecule has 0 unspecified atom stereocenters. The highest BCUT2D eigenvalue weighted by Crippen LogP contribution is 2.35. The Morgan fingerprint density at radius 1 is 1.32 bits per heavy atom. The molecule has 4 aromatic rings. The predicted molar refractivity (Wildman–Crippen MR) is 96.3 cm³/mol. The maximum atomic E-state index is 12.8. The molecule has 0 fully saturated rings. The Morgan fingerprint density at radius 2 is 2.18 bits per heavy atom. The lowest BCUT2D eigenvalue weighted by atomic mass is 10.1. The number of rotatable bonds is 5. The van der Waals surface area contributed by atoms with Gasteiger partial charge in [-0.05, 0) is 25.1 Å². The molecule has 0 saturated heterocycles. The third-order valence-electron chi connectivity index (χ3n) is 4.03. The minimum atomic E-state index is -2.98. The van der Waals surface area contributed by atoms with E-state index in [1.807, 2.05) is 6.92 Å². The molecule has 142 valence electrons. The van der Waals surface area contributed by atoms with E-state index in [0.717, 1.165) is 5.56 Å². The van der Waals surface area contributed by atoms with E-state index in [1.54, 1.807) is 30.6 Å². The smallest absolute Gasteiger partial charge is 0.387 e. The number of amides is 1. The van der Waals surface area contributed by atoms with Gasteiger partial charge in [0.1, 0.15) is 11.3 Å². The largest absolute Gasteiger partial charge is 0.434 e. The zero-order valence-electron chi connectivity index (χ0n) is 14.6. The van der Waals surface area contributed by atoms with Gasteiger partial charge in [-0.15, -0.1) is 0 Å². The SMILES string of the molecule is Cc1ccc(OC(F)F)c(-c2[nH]ncc2NC(=O)c2cnn3cccnc23)c1. The van der Waals surface area contributed by atoms with Gasteiger partial charge in [-0.3, -0.25) is 9.89 Å². The van der Waals surface area contributed by atoms with Crippen LogP contribution in [0.3, 0.4) is 0 Å². The Morgan fingerprint density at radius 3 is 3.00 bits per heavy atom. The second-order valence-corrected chi connectivity index (χ2v) is 5.94. The number of fused-ring (bicyclic) bond motifs is 1. The van der Waals surface area contributed by atoms with Crippen molar-refractivity contribution in [1.29, 1.82) is 0 Å². The van der Waals surface area contributed by atoms with Crippen LogP contribution in [0.1, 0.15) is 15.9 Å². The van der Waals surface area contributed by atoms with E-state index in [4.69, 9.17) is 0 Å². The number of benzene rings is 1. The van der Waals surface area contributed by atoms with Crippen molar-refractivity contribution in [3.63, 3.8) is 0 Å². The standard InChI is InChI=1S/C18H14F2N6O2/c1-10-3-4-14(28-18(19)20)11(7-10)15-13(9-22-25-15)24-17(27)12-8-23-26-6-2-5-21-16(12)26/h2-9,18H,1H3,(H,22,25)(H,24,27). The van der Waals surface area contributed by atoms with Crippen LogP contribution in [0.25, 0.3) is 16.9 Å². The van der Waals surface area contributed by atoms with Crippen molar-refractivity contribution in [1.82, 2.24) is 24.8 Å². The van der Waals surface area contributed by atoms with Gasteiger partial charge in [-0.2, -0.15) is 19.0 Å². The normalized spacial score (nSPS) is 11.1. The maximum absolute atomic E-state index is 12.8. The van der Waals surface area contributed by atoms with Crippen molar-refractivity contribution in [2.45, 2.75) is 13.5 Å². The molecule has 0 bridgehead atoms. The molecular formula is C18H14F2N6O2. The topological polar surface area (TPSA) is 97.2 Å². The van der Waals surface area contributed by atoms with Crippen LogP contribution >= 0.6 is 0 Å². The lowest BCUT2D eigenvalue weighted by Crippen LogP contribution is -2.12. The number of nitrogens with zero attached hydrogens (tertiary/aromatic N) is 4. The fourth-order valence-corrected chi connectivity index (χ4v) is 2.80. The van der Waals surface area contributed by atoms with Gasteiger partial charge in [0, 0.05) is 18.0 Å². The zero-order valence-corrected chi connectivity index (χ0v) is 14.6. The molecule has 0 radical (unpaired) electrons. The summed E-state index contributed by atoms with van der Waals surface area (Å²) in [5, 5.41) is 13.4. The molecule has 0 aliphatic heterocycles. The molecule has 3 heterocycles. The van der Waals surface area contributed by atoms with Gasteiger partial charge in [0.05, 0.1) is 23.8 Å². The number of aryl methyl sites for hydroxylation is 1. The summed E-state index contributed by atoms with van der Waals surface area (Å²) in [6.45, 7) is -1.16. The highest BCUT2D eigenvalue weighted by molar-refractivity contribution is 6.09. The second kappa shape index (κ2) is 7.06. The van der Waals surface area contributed by atoms with Gasteiger partial charge in [-0.25, -0.2) is 9.50 Å². The van der Waals surface area contributed by atoms with Crippen molar-refractivity contribution in [2.75, 3.05) is 5.32 Å². The Labute approximate surface area is 157 Å². The minimum absolute atomic E-state index is 0.0296. The lowest BCUT2D eigenvalue weighted by molar-refractivity contribution is -0.0494. The summed E-state index contributed by atoms with van der Waals surface area (Å²) < 4.78 is 31.6. The fraction of sp³-hybridized carbons (Fsp3) is 0.111. The van der Waals surface area contributed by atoms with Crippen molar-refractivity contribution in [2.24, 2.45) is 0 Å². The maximum Gasteiger partial charge on any atom is 0.387 e. The Kier molecular flexibility index (Phi) is 4.44. The molecule has 0 spiro atoms. The number of halogens is 2. The summed E-state index contributed by atoms with van der Waals surface area (Å²) in [6, 6.07) is 6.45. The zero-order chi connectivity index (χ0) is 19.7. The van der Waals surface area contributed by atoms with Crippen LogP contribution in [0, 0.1) is 6.92 Å². The predicted octanol–water partition coefficient (Wildman–Crippen LogP) is 3.28. The van der Waals surface area contributed by atoms with Gasteiger partial charge in [-0.1, -0.05) is 11.6 Å². The molecule has 2 N–H and O–H groups in total. The Bertz CT molecular complexity index is 1150. The number of nitrogens with one attached hydrogen (secondary N) is 2. The molecule has 0 saturated carbocycles. The van der Waals surface area contributed by atoms with Crippen LogP contribution in [0.4, 0.5) is 14.5 Å². The summed E-state index contributed by atoms with van der Waals surface area (Å²) in [5.74, 6) is -0.488. The van der Waals surface area contributed by atoms with E-state index in [-0.39, 0.29) is 11.3 Å². The number of alkyl halides is 2. The number of carbonyl (C=O) groups excluding carboxylic acids is 1. The number of carbonyl (C=O) groups is 1.